The molecule has 0 aliphatic carbocycles. The molecule has 0 bridgehead atoms. The van der Waals surface area contributed by atoms with Gasteiger partial charge in [-0.15, -0.1) is 0 Å². The molecule has 2 N–H and O–H groups in total. The van der Waals surface area contributed by atoms with E-state index in [0.29, 0.717) is 16.4 Å². The topological polar surface area (TPSA) is 53.0 Å². The summed E-state index contributed by atoms with van der Waals surface area (Å²) in [5.41, 5.74) is 7.40. The summed E-state index contributed by atoms with van der Waals surface area (Å²) < 4.78 is 0.749. The number of pyridine rings is 1. The molecule has 15 heavy (non-hydrogen) atoms. The number of nitrogens with two attached hydrogens (primary N) is 1. The molecule has 4 heteroatoms. The molecule has 3 nitrogen and oxygen atoms in total. The third kappa shape index (κ3) is 1.87. The third-order valence-electron chi connectivity index (χ3n) is 2.11. The predicted octanol–water partition coefficient (Wildman–Crippen LogP) is 2.22. The number of hydrogen-bond donors (Lipinski definition) is 1. The number of halogens is 1. The van der Waals surface area contributed by atoms with Crippen molar-refractivity contribution in [1.82, 2.24) is 0 Å². The smallest absolute Gasteiger partial charge is 0.246 e. The van der Waals surface area contributed by atoms with Crippen LogP contribution in [-0.4, -0.2) is 0 Å². The van der Waals surface area contributed by atoms with Gasteiger partial charge in [0.05, 0.1) is 0 Å². The Bertz CT molecular complexity index is 462. The van der Waals surface area contributed by atoms with E-state index < -0.39 is 0 Å². The fourth-order valence-corrected chi connectivity index (χ4v) is 1.53. The monoisotopic (exact) mass is 220 g/mol. The summed E-state index contributed by atoms with van der Waals surface area (Å²) in [5.74, 6) is 0. The number of aromatic nitrogens is 1. The maximum Gasteiger partial charge on any atom is 0.246 e. The van der Waals surface area contributed by atoms with Gasteiger partial charge in [-0.05, 0) is 30.3 Å². The Morgan fingerprint density at radius 1 is 1.13 bits per heavy atom. The maximum atomic E-state index is 11.5. The second-order valence-corrected chi connectivity index (χ2v) is 3.58. The van der Waals surface area contributed by atoms with E-state index in [1.807, 2.05) is 0 Å². The minimum Gasteiger partial charge on any atom is -0.618 e. The van der Waals surface area contributed by atoms with Gasteiger partial charge in [-0.3, -0.25) is 0 Å². The quantitative estimate of drug-likeness (QED) is 0.592. The molecule has 76 valence electrons. The lowest BCUT2D eigenvalue weighted by Crippen LogP contribution is -2.29. The molecule has 2 rings (SSSR count). The van der Waals surface area contributed by atoms with Crippen LogP contribution in [0.5, 0.6) is 0 Å². The highest BCUT2D eigenvalue weighted by Crippen LogP contribution is 2.22. The highest BCUT2D eigenvalue weighted by Gasteiger charge is 2.11. The van der Waals surface area contributed by atoms with E-state index in [1.54, 1.807) is 36.4 Å². The zero-order valence-corrected chi connectivity index (χ0v) is 8.61. The maximum absolute atomic E-state index is 11.5. The minimum absolute atomic E-state index is 0.453. The van der Waals surface area contributed by atoms with Crippen molar-refractivity contribution in [2.75, 3.05) is 5.73 Å². The van der Waals surface area contributed by atoms with E-state index in [9.17, 15) is 5.21 Å². The lowest BCUT2D eigenvalue weighted by Gasteiger charge is -2.06. The van der Waals surface area contributed by atoms with Crippen molar-refractivity contribution >= 4 is 17.3 Å². The van der Waals surface area contributed by atoms with Gasteiger partial charge in [0.25, 0.3) is 0 Å². The van der Waals surface area contributed by atoms with Crippen LogP contribution < -0.4 is 10.5 Å². The molecule has 2 aromatic rings. The van der Waals surface area contributed by atoms with Gasteiger partial charge in [0.1, 0.15) is 5.69 Å². The highest BCUT2D eigenvalue weighted by molar-refractivity contribution is 6.30. The van der Waals surface area contributed by atoms with Gasteiger partial charge in [0, 0.05) is 16.7 Å². The molecule has 0 saturated carbocycles. The summed E-state index contributed by atoms with van der Waals surface area (Å²) in [7, 11) is 0. The van der Waals surface area contributed by atoms with Crippen LogP contribution >= 0.6 is 11.6 Å². The summed E-state index contributed by atoms with van der Waals surface area (Å²) in [5, 5.41) is 12.2. The van der Waals surface area contributed by atoms with Crippen molar-refractivity contribution < 1.29 is 4.73 Å². The number of hydrogen-bond acceptors (Lipinski definition) is 2. The van der Waals surface area contributed by atoms with Crippen LogP contribution in [0.4, 0.5) is 5.69 Å². The molecule has 0 fully saturated rings. The van der Waals surface area contributed by atoms with Crippen LogP contribution in [-0.2, 0) is 0 Å². The van der Waals surface area contributed by atoms with Gasteiger partial charge < -0.3 is 10.9 Å². The average Bonchev–Trinajstić information content (AvgIpc) is 2.20. The molecule has 0 radical (unpaired) electrons. The standard InChI is InChI=1S/C11H9ClN2O/c12-9-5-3-8(4-6-9)11-10(13)2-1-7-14(11)15/h1-7H,13H2. The molecule has 1 aromatic heterocycles. The molecule has 0 aliphatic rings. The lowest BCUT2D eigenvalue weighted by atomic mass is 10.1. The number of nitrogen functional groups attached to an aromatic ring is 1. The first-order chi connectivity index (χ1) is 7.18. The second kappa shape index (κ2) is 3.79. The van der Waals surface area contributed by atoms with Crippen LogP contribution in [0.3, 0.4) is 0 Å². The summed E-state index contributed by atoms with van der Waals surface area (Å²) in [6.45, 7) is 0. The molecule has 0 aliphatic heterocycles. The Labute approximate surface area is 92.3 Å². The zero-order valence-electron chi connectivity index (χ0n) is 7.85. The van der Waals surface area contributed by atoms with Crippen LogP contribution in [0.25, 0.3) is 11.3 Å². The SMILES string of the molecule is Nc1ccc[n+]([O-])c1-c1ccc(Cl)cc1. The first-order valence-electron chi connectivity index (χ1n) is 4.42. The molecule has 1 heterocycles. The van der Waals surface area contributed by atoms with Gasteiger partial charge in [-0.2, -0.15) is 4.73 Å². The van der Waals surface area contributed by atoms with E-state index in [1.165, 1.54) is 6.20 Å². The first kappa shape index (κ1) is 9.80. The van der Waals surface area contributed by atoms with Crippen LogP contribution in [0.2, 0.25) is 5.02 Å². The third-order valence-corrected chi connectivity index (χ3v) is 2.36. The van der Waals surface area contributed by atoms with Gasteiger partial charge in [0.2, 0.25) is 5.69 Å². The summed E-state index contributed by atoms with van der Waals surface area (Å²) in [6, 6.07) is 10.3. The Balaban J connectivity index is 2.58. The Hall–Kier alpha value is -1.74. The molecule has 0 saturated heterocycles. The first-order valence-corrected chi connectivity index (χ1v) is 4.80. The van der Waals surface area contributed by atoms with E-state index in [-0.39, 0.29) is 0 Å². The summed E-state index contributed by atoms with van der Waals surface area (Å²) in [4.78, 5) is 0. The normalized spacial score (nSPS) is 10.2. The number of benzene rings is 1. The van der Waals surface area contributed by atoms with Crippen LogP contribution in [0, 0.1) is 5.21 Å². The van der Waals surface area contributed by atoms with Crippen molar-refractivity contribution in [1.29, 1.82) is 0 Å². The van der Waals surface area contributed by atoms with Crippen molar-refractivity contribution in [3.8, 4) is 11.3 Å². The Kier molecular flexibility index (Phi) is 2.47. The van der Waals surface area contributed by atoms with Gasteiger partial charge >= 0.3 is 0 Å². The van der Waals surface area contributed by atoms with Gasteiger partial charge in [0.15, 0.2) is 6.20 Å². The summed E-state index contributed by atoms with van der Waals surface area (Å²) in [6.07, 6.45) is 1.42. The van der Waals surface area contributed by atoms with E-state index in [0.717, 1.165) is 10.3 Å². The fraction of sp³-hybridized carbons (Fsp3) is 0. The number of rotatable bonds is 1. The minimum atomic E-state index is 0.453. The highest BCUT2D eigenvalue weighted by atomic mass is 35.5. The van der Waals surface area contributed by atoms with Crippen molar-refractivity contribution in [2.45, 2.75) is 0 Å². The number of anilines is 1. The molecular formula is C11H9ClN2O. The largest absolute Gasteiger partial charge is 0.618 e. The van der Waals surface area contributed by atoms with Crippen molar-refractivity contribution in [2.24, 2.45) is 0 Å². The average molecular weight is 221 g/mol. The second-order valence-electron chi connectivity index (χ2n) is 3.14. The predicted molar refractivity (Wildman–Crippen MR) is 60.3 cm³/mol. The van der Waals surface area contributed by atoms with Crippen molar-refractivity contribution in [3.63, 3.8) is 0 Å². The fourth-order valence-electron chi connectivity index (χ4n) is 1.41. The van der Waals surface area contributed by atoms with E-state index in [2.05, 4.69) is 0 Å². The van der Waals surface area contributed by atoms with Crippen molar-refractivity contribution in [3.05, 3.63) is 52.8 Å². The molecular weight excluding hydrogens is 212 g/mol. The van der Waals surface area contributed by atoms with E-state index in [4.69, 9.17) is 17.3 Å². The molecule has 1 aromatic carbocycles. The van der Waals surface area contributed by atoms with E-state index >= 15 is 0 Å². The van der Waals surface area contributed by atoms with Crippen LogP contribution in [0.1, 0.15) is 0 Å². The van der Waals surface area contributed by atoms with Gasteiger partial charge in [-0.25, -0.2) is 0 Å². The number of nitrogens with zero attached hydrogens (tertiary/aromatic N) is 1. The summed E-state index contributed by atoms with van der Waals surface area (Å²) >= 11 is 5.76. The van der Waals surface area contributed by atoms with Crippen LogP contribution in [0.15, 0.2) is 42.6 Å². The molecule has 0 unspecified atom stereocenters. The van der Waals surface area contributed by atoms with Gasteiger partial charge in [-0.1, -0.05) is 11.6 Å². The molecule has 0 atom stereocenters. The molecule has 0 spiro atoms. The Morgan fingerprint density at radius 2 is 1.80 bits per heavy atom. The Morgan fingerprint density at radius 3 is 2.40 bits per heavy atom. The lowest BCUT2D eigenvalue weighted by molar-refractivity contribution is -0.593. The zero-order chi connectivity index (χ0) is 10.8. The molecule has 0 amide bonds.